The summed E-state index contributed by atoms with van der Waals surface area (Å²) >= 11 is 34.4. The minimum atomic E-state index is -1.79. The second-order valence-electron chi connectivity index (χ2n) is 2.41. The lowest BCUT2D eigenvalue weighted by Crippen LogP contribution is -2.07. The highest BCUT2D eigenvalue weighted by Gasteiger charge is 2.31. The first-order valence-electron chi connectivity index (χ1n) is 3.44. The Morgan fingerprint density at radius 2 is 1.53 bits per heavy atom. The Morgan fingerprint density at radius 1 is 1.00 bits per heavy atom. The maximum Gasteiger partial charge on any atom is 0.234 e. The molecular formula is C7H3Cl6NO. The van der Waals surface area contributed by atoms with Crippen LogP contribution in [0.4, 0.5) is 0 Å². The van der Waals surface area contributed by atoms with Gasteiger partial charge < -0.3 is 4.74 Å². The summed E-state index contributed by atoms with van der Waals surface area (Å²) in [4.78, 5) is 3.86. The van der Waals surface area contributed by atoms with Crippen molar-refractivity contribution in [3.05, 3.63) is 20.8 Å². The Bertz CT molecular complexity index is 388. The molecule has 0 radical (unpaired) electrons. The van der Waals surface area contributed by atoms with Crippen molar-refractivity contribution in [2.24, 2.45) is 0 Å². The van der Waals surface area contributed by atoms with Gasteiger partial charge in [0.15, 0.2) is 0 Å². The van der Waals surface area contributed by atoms with Crippen LogP contribution in [-0.2, 0) is 3.79 Å². The molecule has 0 N–H and O–H groups in total. The number of hydrogen-bond acceptors (Lipinski definition) is 2. The van der Waals surface area contributed by atoms with Gasteiger partial charge in [0.25, 0.3) is 0 Å². The van der Waals surface area contributed by atoms with Crippen LogP contribution in [-0.4, -0.2) is 12.1 Å². The zero-order valence-electron chi connectivity index (χ0n) is 7.12. The number of nitrogens with zero attached hydrogens (tertiary/aromatic N) is 1. The number of methoxy groups -OCH3 is 1. The lowest BCUT2D eigenvalue weighted by molar-refractivity contribution is 0.397. The summed E-state index contributed by atoms with van der Waals surface area (Å²) in [7, 11) is 1.36. The van der Waals surface area contributed by atoms with Gasteiger partial charge in [-0.1, -0.05) is 69.6 Å². The first-order valence-corrected chi connectivity index (χ1v) is 5.71. The summed E-state index contributed by atoms with van der Waals surface area (Å²) in [6, 6.07) is 0. The molecule has 0 spiro atoms. The Kier molecular flexibility index (Phi) is 4.50. The van der Waals surface area contributed by atoms with Gasteiger partial charge in [0.1, 0.15) is 10.7 Å². The summed E-state index contributed by atoms with van der Waals surface area (Å²) < 4.78 is 3.06. The quantitative estimate of drug-likeness (QED) is 0.685. The highest BCUT2D eigenvalue weighted by molar-refractivity contribution is 6.67. The molecule has 1 heterocycles. The largest absolute Gasteiger partial charge is 0.480 e. The number of ether oxygens (including phenoxy) is 1. The summed E-state index contributed by atoms with van der Waals surface area (Å²) in [6.45, 7) is 0. The second-order valence-corrected chi connectivity index (χ2v) is 5.82. The van der Waals surface area contributed by atoms with E-state index in [1.54, 1.807) is 0 Å². The molecule has 0 fully saturated rings. The van der Waals surface area contributed by atoms with Crippen LogP contribution in [0.25, 0.3) is 0 Å². The summed E-state index contributed by atoms with van der Waals surface area (Å²) in [5.74, 6) is 0.0485. The van der Waals surface area contributed by atoms with Crippen molar-refractivity contribution in [1.82, 2.24) is 4.98 Å². The van der Waals surface area contributed by atoms with E-state index in [0.717, 1.165) is 0 Å². The van der Waals surface area contributed by atoms with Gasteiger partial charge in [0.2, 0.25) is 9.67 Å². The minimum Gasteiger partial charge on any atom is -0.480 e. The monoisotopic (exact) mass is 327 g/mol. The van der Waals surface area contributed by atoms with Gasteiger partial charge in [-0.15, -0.1) is 0 Å². The van der Waals surface area contributed by atoms with Gasteiger partial charge in [-0.05, 0) is 0 Å². The number of rotatable bonds is 1. The third-order valence-corrected chi connectivity index (χ3v) is 3.28. The van der Waals surface area contributed by atoms with Crippen molar-refractivity contribution in [2.45, 2.75) is 3.79 Å². The normalized spacial score (nSPS) is 11.7. The molecule has 1 aromatic rings. The lowest BCUT2D eigenvalue weighted by Gasteiger charge is -2.15. The molecule has 0 aromatic carbocycles. The SMILES string of the molecule is COc1nc(C(Cl)(Cl)Cl)c(Cl)c(Cl)c1Cl. The van der Waals surface area contributed by atoms with Gasteiger partial charge in [0.05, 0.1) is 17.2 Å². The van der Waals surface area contributed by atoms with E-state index in [9.17, 15) is 0 Å². The summed E-state index contributed by atoms with van der Waals surface area (Å²) in [5.41, 5.74) is -0.0274. The van der Waals surface area contributed by atoms with Crippen molar-refractivity contribution < 1.29 is 4.74 Å². The van der Waals surface area contributed by atoms with Crippen LogP contribution in [0.2, 0.25) is 15.1 Å². The Morgan fingerprint density at radius 3 is 1.93 bits per heavy atom. The van der Waals surface area contributed by atoms with E-state index in [-0.39, 0.29) is 26.6 Å². The van der Waals surface area contributed by atoms with Crippen molar-refractivity contribution in [1.29, 1.82) is 0 Å². The molecule has 0 atom stereocenters. The molecule has 2 nitrogen and oxygen atoms in total. The maximum atomic E-state index is 5.82. The molecular weight excluding hydrogens is 327 g/mol. The number of alkyl halides is 3. The molecule has 0 amide bonds. The molecule has 0 saturated heterocycles. The highest BCUT2D eigenvalue weighted by Crippen LogP contribution is 2.46. The summed E-state index contributed by atoms with van der Waals surface area (Å²) in [5, 5.41) is 0.0936. The molecule has 15 heavy (non-hydrogen) atoms. The Balaban J connectivity index is 3.49. The molecule has 1 rings (SSSR count). The first kappa shape index (κ1) is 13.8. The highest BCUT2D eigenvalue weighted by atomic mass is 35.6. The number of hydrogen-bond donors (Lipinski definition) is 0. The second kappa shape index (κ2) is 4.91. The zero-order valence-corrected chi connectivity index (χ0v) is 11.7. The van der Waals surface area contributed by atoms with Gasteiger partial charge >= 0.3 is 0 Å². The van der Waals surface area contributed by atoms with E-state index < -0.39 is 3.79 Å². The fourth-order valence-electron chi connectivity index (χ4n) is 0.817. The molecule has 0 unspecified atom stereocenters. The van der Waals surface area contributed by atoms with Crippen molar-refractivity contribution in [3.63, 3.8) is 0 Å². The van der Waals surface area contributed by atoms with E-state index in [1.807, 2.05) is 0 Å². The molecule has 0 aliphatic carbocycles. The van der Waals surface area contributed by atoms with Crippen LogP contribution in [0.3, 0.4) is 0 Å². The standard InChI is InChI=1S/C7H3Cl6NO/c1-15-6-4(10)2(8)3(9)5(14-6)7(11,12)13/h1H3. The van der Waals surface area contributed by atoms with E-state index in [4.69, 9.17) is 74.3 Å². The fourth-order valence-corrected chi connectivity index (χ4v) is 2.08. The van der Waals surface area contributed by atoms with E-state index in [0.29, 0.717) is 0 Å². The van der Waals surface area contributed by atoms with Gasteiger partial charge in [-0.2, -0.15) is 0 Å². The van der Waals surface area contributed by atoms with Crippen LogP contribution in [0.5, 0.6) is 5.88 Å². The zero-order chi connectivity index (χ0) is 11.8. The van der Waals surface area contributed by atoms with E-state index in [1.165, 1.54) is 7.11 Å². The number of pyridine rings is 1. The molecule has 0 bridgehead atoms. The minimum absolute atomic E-state index is 0.0116. The predicted octanol–water partition coefficient (Wildman–Crippen LogP) is 4.88. The number of aromatic nitrogens is 1. The van der Waals surface area contributed by atoms with Gasteiger partial charge in [0, 0.05) is 0 Å². The van der Waals surface area contributed by atoms with Crippen LogP contribution in [0.1, 0.15) is 5.69 Å². The van der Waals surface area contributed by atoms with E-state index in [2.05, 4.69) is 4.98 Å². The average molecular weight is 330 g/mol. The molecule has 0 aliphatic heterocycles. The van der Waals surface area contributed by atoms with Crippen molar-refractivity contribution >= 4 is 69.6 Å². The van der Waals surface area contributed by atoms with Crippen LogP contribution >= 0.6 is 69.6 Å². The van der Waals surface area contributed by atoms with Crippen molar-refractivity contribution in [2.75, 3.05) is 7.11 Å². The molecule has 1 aromatic heterocycles. The Labute approximate surface area is 116 Å². The van der Waals surface area contributed by atoms with E-state index >= 15 is 0 Å². The van der Waals surface area contributed by atoms with Gasteiger partial charge in [-0.25, -0.2) is 4.98 Å². The third kappa shape index (κ3) is 2.87. The lowest BCUT2D eigenvalue weighted by atomic mass is 10.3. The van der Waals surface area contributed by atoms with Crippen molar-refractivity contribution in [3.8, 4) is 5.88 Å². The molecule has 0 saturated carbocycles. The smallest absolute Gasteiger partial charge is 0.234 e. The molecule has 84 valence electrons. The Hall–Kier alpha value is 0.690. The van der Waals surface area contributed by atoms with Crippen LogP contribution in [0, 0.1) is 0 Å². The number of halogens is 6. The molecule has 0 aliphatic rings. The van der Waals surface area contributed by atoms with Crippen LogP contribution in [0.15, 0.2) is 0 Å². The predicted molar refractivity (Wildman–Crippen MR) is 65.1 cm³/mol. The third-order valence-electron chi connectivity index (χ3n) is 1.46. The maximum absolute atomic E-state index is 5.82. The summed E-state index contributed by atoms with van der Waals surface area (Å²) in [6.07, 6.45) is 0. The van der Waals surface area contributed by atoms with Crippen LogP contribution < -0.4 is 4.74 Å². The molecule has 8 heteroatoms. The van der Waals surface area contributed by atoms with Gasteiger partial charge in [-0.3, -0.25) is 0 Å². The average Bonchev–Trinajstić information content (AvgIpc) is 2.13. The topological polar surface area (TPSA) is 22.1 Å². The fraction of sp³-hybridized carbons (Fsp3) is 0.286. The first-order chi connectivity index (χ1) is 6.79.